The molecule has 12 nitrogen and oxygen atoms in total. The van der Waals surface area contributed by atoms with Crippen LogP contribution in [0.2, 0.25) is 10.0 Å². The van der Waals surface area contributed by atoms with Gasteiger partial charge in [0.05, 0.1) is 43.6 Å². The van der Waals surface area contributed by atoms with E-state index >= 15 is 4.79 Å². The van der Waals surface area contributed by atoms with Crippen LogP contribution >= 0.6 is 23.2 Å². The molecule has 1 fully saturated rings. The summed E-state index contributed by atoms with van der Waals surface area (Å²) in [4.78, 5) is 36.5. The largest absolute Gasteiger partial charge is 0.497 e. The molecule has 2 aliphatic rings. The summed E-state index contributed by atoms with van der Waals surface area (Å²) in [7, 11) is -0.489. The van der Waals surface area contributed by atoms with Crippen molar-refractivity contribution in [2.75, 3.05) is 63.3 Å². The van der Waals surface area contributed by atoms with Gasteiger partial charge in [0.2, 0.25) is 5.91 Å². The minimum atomic E-state index is -4.67. The highest BCUT2D eigenvalue weighted by Crippen LogP contribution is 2.51. The number of hydrogen-bond donors (Lipinski definition) is 1. The molecule has 4 aromatic rings. The normalized spacial score (nSPS) is 17.6. The van der Waals surface area contributed by atoms with Crippen LogP contribution in [0.4, 0.5) is 11.4 Å². The number of methoxy groups -OCH3 is 3. The highest BCUT2D eigenvalue weighted by Gasteiger charge is 2.58. The van der Waals surface area contributed by atoms with Crippen molar-refractivity contribution in [2.24, 2.45) is 0 Å². The predicted octanol–water partition coefficient (Wildman–Crippen LogP) is 4.33. The molecule has 2 amide bonds. The van der Waals surface area contributed by atoms with E-state index in [1.54, 1.807) is 41.6 Å². The second kappa shape index (κ2) is 13.7. The third-order valence-corrected chi connectivity index (χ3v) is 11.2. The van der Waals surface area contributed by atoms with Gasteiger partial charge in [-0.3, -0.25) is 19.9 Å². The van der Waals surface area contributed by atoms with Crippen LogP contribution in [0.25, 0.3) is 0 Å². The van der Waals surface area contributed by atoms with E-state index in [1.165, 1.54) is 51.7 Å². The zero-order valence-corrected chi connectivity index (χ0v) is 29.2. The molecule has 1 aromatic heterocycles. The molecule has 1 unspecified atom stereocenters. The van der Waals surface area contributed by atoms with Crippen molar-refractivity contribution in [2.45, 2.75) is 10.4 Å². The summed E-state index contributed by atoms with van der Waals surface area (Å²) >= 11 is 13.0. The van der Waals surface area contributed by atoms with Crippen LogP contribution < -0.4 is 28.7 Å². The molecule has 256 valence electrons. The Balaban J connectivity index is 1.43. The third-order valence-electron chi connectivity index (χ3n) is 8.73. The van der Waals surface area contributed by atoms with Crippen LogP contribution in [-0.2, 0) is 25.2 Å². The lowest BCUT2D eigenvalue weighted by Crippen LogP contribution is -2.57. The maximum absolute atomic E-state index is 15.0. The number of fused-ring (bicyclic) bond motifs is 1. The van der Waals surface area contributed by atoms with E-state index in [4.69, 9.17) is 37.4 Å². The first-order valence-electron chi connectivity index (χ1n) is 15.2. The summed E-state index contributed by atoms with van der Waals surface area (Å²) in [5.41, 5.74) is -0.542. The number of benzene rings is 3. The lowest BCUT2D eigenvalue weighted by molar-refractivity contribution is -0.131. The Morgan fingerprint density at radius 1 is 0.857 bits per heavy atom. The number of nitrogens with zero attached hydrogens (tertiary/aromatic N) is 4. The number of nitrogens with one attached hydrogen (secondary N) is 1. The van der Waals surface area contributed by atoms with E-state index in [-0.39, 0.29) is 55.7 Å². The summed E-state index contributed by atoms with van der Waals surface area (Å²) in [5.74, 6) is -0.615. The summed E-state index contributed by atoms with van der Waals surface area (Å²) in [6.45, 7) is 1.75. The van der Waals surface area contributed by atoms with Gasteiger partial charge in [-0.1, -0.05) is 41.4 Å². The van der Waals surface area contributed by atoms with Crippen molar-refractivity contribution in [3.63, 3.8) is 0 Å². The molecular formula is C34H33Cl2N5O7S. The fraction of sp³-hybridized carbons (Fsp3) is 0.265. The number of amides is 2. The van der Waals surface area contributed by atoms with Crippen LogP contribution in [0.1, 0.15) is 11.1 Å². The van der Waals surface area contributed by atoms with Crippen molar-refractivity contribution in [1.29, 1.82) is 0 Å². The first kappa shape index (κ1) is 34.3. The number of aromatic nitrogens is 1. The highest BCUT2D eigenvalue weighted by atomic mass is 35.5. The minimum absolute atomic E-state index is 0.0223. The Labute approximate surface area is 294 Å². The second-order valence-corrected chi connectivity index (χ2v) is 13.8. The lowest BCUT2D eigenvalue weighted by Gasteiger charge is -2.37. The van der Waals surface area contributed by atoms with E-state index in [9.17, 15) is 13.2 Å². The third kappa shape index (κ3) is 6.01. The topological polar surface area (TPSA) is 131 Å². The zero-order valence-electron chi connectivity index (χ0n) is 26.9. The van der Waals surface area contributed by atoms with Gasteiger partial charge in [-0.2, -0.15) is 0 Å². The van der Waals surface area contributed by atoms with E-state index in [2.05, 4.69) is 15.2 Å². The Hall–Kier alpha value is -4.56. The fourth-order valence-electron chi connectivity index (χ4n) is 6.28. The van der Waals surface area contributed by atoms with E-state index in [1.807, 2.05) is 12.1 Å². The molecule has 49 heavy (non-hydrogen) atoms. The first-order chi connectivity index (χ1) is 23.6. The van der Waals surface area contributed by atoms with Crippen molar-refractivity contribution in [1.82, 2.24) is 15.2 Å². The standard InChI is InChI=1S/C34H33Cl2N5O7S/c1-46-23-8-9-31(30(18-23)48-3)49(44,45)41-28-20-27(36)26(35)19-25(28)34(33(41)43,24-6-4-5-7-29(24)47-2)38-21-32(42)40-16-14-39(15-17-40)22-10-12-37-13-11-22/h4-13,18-20,38H,14-17,21H2,1-3H3. The quantitative estimate of drug-likeness (QED) is 0.252. The van der Waals surface area contributed by atoms with Gasteiger partial charge in [-0.25, -0.2) is 12.7 Å². The Morgan fingerprint density at radius 3 is 2.20 bits per heavy atom. The molecule has 2 aliphatic heterocycles. The number of pyridine rings is 1. The maximum atomic E-state index is 15.0. The van der Waals surface area contributed by atoms with Crippen molar-refractivity contribution < 1.29 is 32.2 Å². The molecule has 0 saturated carbocycles. The molecular weight excluding hydrogens is 693 g/mol. The number of carbonyl (C=O) groups excluding carboxylic acids is 2. The monoisotopic (exact) mass is 725 g/mol. The number of ether oxygens (including phenoxy) is 3. The van der Waals surface area contributed by atoms with Crippen molar-refractivity contribution in [3.8, 4) is 17.2 Å². The van der Waals surface area contributed by atoms with Gasteiger partial charge >= 0.3 is 0 Å². The number of hydrogen-bond acceptors (Lipinski definition) is 10. The highest BCUT2D eigenvalue weighted by molar-refractivity contribution is 7.93. The summed E-state index contributed by atoms with van der Waals surface area (Å²) in [5, 5.41) is 3.28. The average Bonchev–Trinajstić information content (AvgIpc) is 3.37. The van der Waals surface area contributed by atoms with Gasteiger partial charge in [0.25, 0.3) is 15.9 Å². The number of halogens is 2. The van der Waals surface area contributed by atoms with E-state index < -0.39 is 21.5 Å². The van der Waals surface area contributed by atoms with Crippen LogP contribution in [0.3, 0.4) is 0 Å². The number of piperazine rings is 1. The second-order valence-electron chi connectivity index (χ2n) is 11.3. The number of sulfonamides is 1. The summed E-state index contributed by atoms with van der Waals surface area (Å²) in [6, 6.07) is 17.4. The molecule has 0 radical (unpaired) electrons. The molecule has 6 rings (SSSR count). The van der Waals surface area contributed by atoms with Crippen molar-refractivity contribution >= 4 is 56.4 Å². The van der Waals surface area contributed by atoms with Gasteiger partial charge in [0, 0.05) is 61.5 Å². The van der Waals surface area contributed by atoms with E-state index in [0.29, 0.717) is 36.2 Å². The van der Waals surface area contributed by atoms with Crippen LogP contribution in [0, 0.1) is 0 Å². The first-order valence-corrected chi connectivity index (χ1v) is 17.4. The van der Waals surface area contributed by atoms with Crippen LogP contribution in [-0.4, -0.2) is 84.2 Å². The fourth-order valence-corrected chi connectivity index (χ4v) is 8.20. The smallest absolute Gasteiger partial charge is 0.274 e. The van der Waals surface area contributed by atoms with Gasteiger partial charge in [0.15, 0.2) is 5.54 Å². The average molecular weight is 727 g/mol. The Morgan fingerprint density at radius 2 is 1.53 bits per heavy atom. The summed E-state index contributed by atoms with van der Waals surface area (Å²) in [6.07, 6.45) is 3.44. The van der Waals surface area contributed by atoms with Gasteiger partial charge in [-0.15, -0.1) is 0 Å². The van der Waals surface area contributed by atoms with Gasteiger partial charge < -0.3 is 24.0 Å². The molecule has 3 aromatic carbocycles. The van der Waals surface area contributed by atoms with Crippen LogP contribution in [0.5, 0.6) is 17.2 Å². The molecule has 0 bridgehead atoms. The Kier molecular flexibility index (Phi) is 9.63. The molecule has 0 spiro atoms. The summed E-state index contributed by atoms with van der Waals surface area (Å²) < 4.78 is 46.1. The number of anilines is 2. The predicted molar refractivity (Wildman–Crippen MR) is 185 cm³/mol. The molecule has 1 saturated heterocycles. The molecule has 1 atom stereocenters. The molecule has 3 heterocycles. The van der Waals surface area contributed by atoms with Gasteiger partial charge in [-0.05, 0) is 42.5 Å². The number of carbonyl (C=O) groups is 2. The maximum Gasteiger partial charge on any atom is 0.274 e. The van der Waals surface area contributed by atoms with E-state index in [0.717, 1.165) is 5.69 Å². The SMILES string of the molecule is COc1ccc(S(=O)(=O)N2C(=O)C(NCC(=O)N3CCN(c4ccncc4)CC3)(c3ccccc3OC)c3cc(Cl)c(Cl)cc32)c(OC)c1. The zero-order chi connectivity index (χ0) is 34.9. The number of rotatable bonds is 10. The van der Waals surface area contributed by atoms with Gasteiger partial charge in [0.1, 0.15) is 22.1 Å². The lowest BCUT2D eigenvalue weighted by atomic mass is 9.83. The minimum Gasteiger partial charge on any atom is -0.497 e. The molecule has 1 N–H and O–H groups in total. The molecule has 15 heteroatoms. The van der Waals surface area contributed by atoms with Crippen LogP contribution in [0.15, 0.2) is 84.0 Å². The molecule has 0 aliphatic carbocycles. The number of para-hydroxylation sites is 1. The Bertz CT molecular complexity index is 2010. The van der Waals surface area contributed by atoms with Crippen molar-refractivity contribution in [3.05, 3.63) is 100 Å².